The molecule has 0 bridgehead atoms. The first-order valence-electron chi connectivity index (χ1n) is 13.1. The number of piperazine rings is 1. The van der Waals surface area contributed by atoms with Gasteiger partial charge in [-0.3, -0.25) is 0 Å². The van der Waals surface area contributed by atoms with E-state index >= 15 is 0 Å². The van der Waals surface area contributed by atoms with Crippen LogP contribution in [0.1, 0.15) is 38.2 Å². The van der Waals surface area contributed by atoms with Gasteiger partial charge in [-0.05, 0) is 24.8 Å². The molecule has 2 aromatic heterocycles. The van der Waals surface area contributed by atoms with Crippen molar-refractivity contribution >= 4 is 46.4 Å². The second-order valence-corrected chi connectivity index (χ2v) is 9.72. The number of halogens is 1. The number of unbranched alkanes of at least 4 members (excludes halogenated alkanes) is 1. The molecule has 5 rings (SSSR count). The van der Waals surface area contributed by atoms with Gasteiger partial charge >= 0.3 is 6.09 Å². The number of hydrogen-bond acceptors (Lipinski definition) is 9. The summed E-state index contributed by atoms with van der Waals surface area (Å²) in [5, 5.41) is 3.60. The van der Waals surface area contributed by atoms with Gasteiger partial charge in [0.25, 0.3) is 0 Å². The molecule has 2 aliphatic heterocycles. The second-order valence-electron chi connectivity index (χ2n) is 9.36. The fourth-order valence-electron chi connectivity index (χ4n) is 4.57. The molecule has 10 nitrogen and oxygen atoms in total. The van der Waals surface area contributed by atoms with Crippen LogP contribution in [-0.4, -0.2) is 76.8 Å². The van der Waals surface area contributed by atoms with Crippen LogP contribution in [0.2, 0.25) is 5.15 Å². The van der Waals surface area contributed by atoms with Crippen LogP contribution in [0.15, 0.2) is 30.3 Å². The summed E-state index contributed by atoms with van der Waals surface area (Å²) in [5.74, 6) is 1.86. The number of nitrogens with zero attached hydrogens (tertiary/aromatic N) is 7. The van der Waals surface area contributed by atoms with Crippen molar-refractivity contribution in [3.05, 3.63) is 41.0 Å². The van der Waals surface area contributed by atoms with Gasteiger partial charge in [0.15, 0.2) is 28.0 Å². The van der Waals surface area contributed by atoms with Gasteiger partial charge in [-0.25, -0.2) is 14.8 Å². The van der Waals surface area contributed by atoms with E-state index in [-0.39, 0.29) is 6.09 Å². The van der Waals surface area contributed by atoms with E-state index in [9.17, 15) is 4.79 Å². The molecule has 37 heavy (non-hydrogen) atoms. The van der Waals surface area contributed by atoms with Gasteiger partial charge in [-0.15, -0.1) is 0 Å². The Morgan fingerprint density at radius 1 is 0.973 bits per heavy atom. The summed E-state index contributed by atoms with van der Waals surface area (Å²) in [7, 11) is 0. The largest absolute Gasteiger partial charge is 0.449 e. The highest BCUT2D eigenvalue weighted by molar-refractivity contribution is 6.32. The zero-order chi connectivity index (χ0) is 25.6. The first kappa shape index (κ1) is 25.3. The third-order valence-corrected chi connectivity index (χ3v) is 6.97. The van der Waals surface area contributed by atoms with Crippen molar-refractivity contribution in [2.45, 2.75) is 39.2 Å². The summed E-state index contributed by atoms with van der Waals surface area (Å²) in [5.41, 5.74) is 2.24. The van der Waals surface area contributed by atoms with Gasteiger partial charge in [0, 0.05) is 45.8 Å². The number of nitrogens with one attached hydrogen (secondary N) is 1. The van der Waals surface area contributed by atoms with Gasteiger partial charge in [0.1, 0.15) is 0 Å². The molecular weight excluding hydrogens is 492 g/mol. The van der Waals surface area contributed by atoms with E-state index in [1.54, 1.807) is 4.90 Å². The monoisotopic (exact) mass is 524 g/mol. The Kier molecular flexibility index (Phi) is 8.03. The van der Waals surface area contributed by atoms with E-state index < -0.39 is 0 Å². The summed E-state index contributed by atoms with van der Waals surface area (Å²) in [6.45, 7) is 7.29. The van der Waals surface area contributed by atoms with Gasteiger partial charge in [0.2, 0.25) is 5.95 Å². The van der Waals surface area contributed by atoms with E-state index in [2.05, 4.69) is 27.0 Å². The highest BCUT2D eigenvalue weighted by Crippen LogP contribution is 2.30. The smallest absolute Gasteiger partial charge is 0.409 e. The van der Waals surface area contributed by atoms with Gasteiger partial charge in [0.05, 0.1) is 6.61 Å². The second kappa shape index (κ2) is 11.8. The number of carbonyl (C=O) groups is 1. The number of rotatable bonds is 8. The van der Waals surface area contributed by atoms with E-state index in [1.165, 1.54) is 0 Å². The predicted octanol–water partition coefficient (Wildman–Crippen LogP) is 4.34. The number of benzene rings is 1. The molecule has 4 heterocycles. The molecule has 0 atom stereocenters. The lowest BCUT2D eigenvalue weighted by atomic mass is 10.2. The number of carbonyl (C=O) groups excluding carboxylic acids is 1. The fourth-order valence-corrected chi connectivity index (χ4v) is 4.76. The van der Waals surface area contributed by atoms with E-state index in [1.807, 2.05) is 30.3 Å². The summed E-state index contributed by atoms with van der Waals surface area (Å²) in [6, 6.07) is 10.1. The summed E-state index contributed by atoms with van der Waals surface area (Å²) >= 11 is 6.56. The molecule has 2 saturated heterocycles. The van der Waals surface area contributed by atoms with Crippen molar-refractivity contribution in [2.75, 3.05) is 61.0 Å². The van der Waals surface area contributed by atoms with Gasteiger partial charge in [-0.2, -0.15) is 9.97 Å². The minimum Gasteiger partial charge on any atom is -0.449 e. The zero-order valence-electron chi connectivity index (χ0n) is 21.2. The Morgan fingerprint density at radius 2 is 1.73 bits per heavy atom. The molecule has 1 aromatic carbocycles. The molecule has 0 aliphatic carbocycles. The Morgan fingerprint density at radius 3 is 2.46 bits per heavy atom. The minimum absolute atomic E-state index is 0.250. The molecule has 1 amide bonds. The maximum Gasteiger partial charge on any atom is 0.409 e. The lowest BCUT2D eigenvalue weighted by molar-refractivity contribution is 0.0988. The molecule has 0 saturated carbocycles. The fraction of sp³-hybridized carbons (Fsp3) is 0.500. The average Bonchev–Trinajstić information content (AvgIpc) is 3.47. The number of anilines is 3. The zero-order valence-corrected chi connectivity index (χ0v) is 22.0. The van der Waals surface area contributed by atoms with Crippen molar-refractivity contribution in [2.24, 2.45) is 0 Å². The van der Waals surface area contributed by atoms with Gasteiger partial charge in [-0.1, -0.05) is 55.3 Å². The average molecular weight is 525 g/mol. The number of fused-ring (bicyclic) bond motifs is 1. The quantitative estimate of drug-likeness (QED) is 0.431. The van der Waals surface area contributed by atoms with Crippen LogP contribution in [0.5, 0.6) is 0 Å². The number of amides is 1. The van der Waals surface area contributed by atoms with Crippen LogP contribution in [0.25, 0.3) is 11.2 Å². The first-order valence-corrected chi connectivity index (χ1v) is 13.4. The third-order valence-electron chi connectivity index (χ3n) is 6.71. The molecule has 3 aromatic rings. The van der Waals surface area contributed by atoms with Crippen molar-refractivity contribution < 1.29 is 9.53 Å². The maximum atomic E-state index is 12.4. The van der Waals surface area contributed by atoms with E-state index in [0.717, 1.165) is 50.2 Å². The topological polar surface area (TPSA) is 99.6 Å². The Balaban J connectivity index is 1.38. The van der Waals surface area contributed by atoms with Crippen molar-refractivity contribution in [1.29, 1.82) is 0 Å². The predicted molar refractivity (Wildman–Crippen MR) is 145 cm³/mol. The summed E-state index contributed by atoms with van der Waals surface area (Å²) in [6.07, 6.45) is 3.84. The highest BCUT2D eigenvalue weighted by Gasteiger charge is 2.27. The summed E-state index contributed by atoms with van der Waals surface area (Å²) < 4.78 is 5.38. The molecule has 0 spiro atoms. The molecular formula is C26H33ClN8O2. The lowest BCUT2D eigenvalue weighted by Gasteiger charge is -2.34. The van der Waals surface area contributed by atoms with Crippen molar-refractivity contribution in [1.82, 2.24) is 24.8 Å². The molecule has 196 valence electrons. The molecule has 11 heteroatoms. The highest BCUT2D eigenvalue weighted by atomic mass is 35.5. The van der Waals surface area contributed by atoms with Crippen molar-refractivity contribution in [3.63, 3.8) is 0 Å². The molecule has 0 unspecified atom stereocenters. The SMILES string of the molecule is CCCCOC(=O)N1CCN(c2nc(N3CCCC3)c3nc(Cl)c(NCc4ccccc4)nc3n2)CC1. The van der Waals surface area contributed by atoms with E-state index in [0.29, 0.717) is 67.4 Å². The van der Waals surface area contributed by atoms with E-state index in [4.69, 9.17) is 31.3 Å². The molecule has 1 N–H and O–H groups in total. The minimum atomic E-state index is -0.250. The Labute approximate surface area is 222 Å². The normalized spacial score (nSPS) is 15.9. The number of aromatic nitrogens is 4. The molecule has 2 aliphatic rings. The van der Waals surface area contributed by atoms with Crippen LogP contribution >= 0.6 is 11.6 Å². The van der Waals surface area contributed by atoms with Crippen LogP contribution in [0, 0.1) is 0 Å². The Bertz CT molecular complexity index is 1210. The standard InChI is InChI=1S/C26H33ClN8O2/c1-2-3-17-37-26(36)35-15-13-34(14-16-35)25-31-22-20(24(32-25)33-11-7-8-12-33)29-21(27)23(30-22)28-18-19-9-5-4-6-10-19/h4-6,9-10H,2-3,7-8,11-18H2,1H3,(H,28,30,31,32). The number of hydrogen-bond donors (Lipinski definition) is 1. The molecule has 0 radical (unpaired) electrons. The van der Waals surface area contributed by atoms with Crippen LogP contribution in [-0.2, 0) is 11.3 Å². The lowest BCUT2D eigenvalue weighted by Crippen LogP contribution is -2.49. The van der Waals surface area contributed by atoms with Gasteiger partial charge < -0.3 is 24.8 Å². The maximum absolute atomic E-state index is 12.4. The number of ether oxygens (including phenoxy) is 1. The van der Waals surface area contributed by atoms with Crippen LogP contribution in [0.3, 0.4) is 0 Å². The molecule has 2 fully saturated rings. The Hall–Kier alpha value is -3.40. The van der Waals surface area contributed by atoms with Crippen LogP contribution in [0.4, 0.5) is 22.4 Å². The van der Waals surface area contributed by atoms with Crippen molar-refractivity contribution in [3.8, 4) is 0 Å². The summed E-state index contributed by atoms with van der Waals surface area (Å²) in [4.78, 5) is 37.6. The van der Waals surface area contributed by atoms with Crippen LogP contribution < -0.4 is 15.1 Å². The third kappa shape index (κ3) is 5.95. The first-order chi connectivity index (χ1) is 18.1.